The van der Waals surface area contributed by atoms with E-state index in [1.165, 1.54) is 16.8 Å². The molecule has 1 N–H and O–H groups in total. The number of aromatic nitrogens is 4. The van der Waals surface area contributed by atoms with Crippen molar-refractivity contribution in [2.24, 2.45) is 0 Å². The fourth-order valence-corrected chi connectivity index (χ4v) is 2.34. The van der Waals surface area contributed by atoms with E-state index in [9.17, 15) is 0 Å². The summed E-state index contributed by atoms with van der Waals surface area (Å²) < 4.78 is 4.06. The van der Waals surface area contributed by atoms with E-state index in [2.05, 4.69) is 54.1 Å². The van der Waals surface area contributed by atoms with Crippen molar-refractivity contribution in [3.63, 3.8) is 0 Å². The summed E-state index contributed by atoms with van der Waals surface area (Å²) in [6.45, 7) is 11.3. The van der Waals surface area contributed by atoms with Gasteiger partial charge in [0, 0.05) is 48.7 Å². The first kappa shape index (κ1) is 17.7. The summed E-state index contributed by atoms with van der Waals surface area (Å²) in [5.74, 6) is 0. The molecule has 0 radical (unpaired) electrons. The molecule has 2 heterocycles. The van der Waals surface area contributed by atoms with Crippen molar-refractivity contribution in [2.45, 2.75) is 59.8 Å². The largest absolute Gasteiger partial charge is 0.308 e. The van der Waals surface area contributed by atoms with Crippen molar-refractivity contribution < 1.29 is 0 Å². The molecular weight excluding hydrogens is 286 g/mol. The molecule has 0 saturated heterocycles. The molecule has 118 valence electrons. The highest BCUT2D eigenvalue weighted by atomic mass is 35.5. The average Bonchev–Trinajstić information content (AvgIpc) is 2.98. The van der Waals surface area contributed by atoms with Crippen molar-refractivity contribution in [1.29, 1.82) is 0 Å². The van der Waals surface area contributed by atoms with E-state index in [0.29, 0.717) is 6.04 Å². The zero-order valence-electron chi connectivity index (χ0n) is 13.3. The zero-order chi connectivity index (χ0) is 14.5. The smallest absolute Gasteiger partial charge is 0.0537 e. The quantitative estimate of drug-likeness (QED) is 0.855. The lowest BCUT2D eigenvalue weighted by molar-refractivity contribution is 0.517. The number of hydrogen-bond acceptors (Lipinski definition) is 3. The maximum atomic E-state index is 4.43. The van der Waals surface area contributed by atoms with Gasteiger partial charge in [-0.05, 0) is 27.2 Å². The molecule has 2 rings (SSSR count). The highest BCUT2D eigenvalue weighted by Crippen LogP contribution is 2.12. The van der Waals surface area contributed by atoms with E-state index in [0.717, 1.165) is 26.1 Å². The molecule has 0 unspecified atom stereocenters. The molecule has 0 amide bonds. The molecule has 0 fully saturated rings. The third kappa shape index (κ3) is 4.58. The molecular formula is C15H26ClN5. The van der Waals surface area contributed by atoms with Crippen molar-refractivity contribution in [3.8, 4) is 0 Å². The third-order valence-electron chi connectivity index (χ3n) is 3.42. The van der Waals surface area contributed by atoms with Gasteiger partial charge in [0.2, 0.25) is 0 Å². The minimum atomic E-state index is 0. The van der Waals surface area contributed by atoms with E-state index < -0.39 is 0 Å². The summed E-state index contributed by atoms with van der Waals surface area (Å²) in [4.78, 5) is 0. The minimum Gasteiger partial charge on any atom is -0.308 e. The van der Waals surface area contributed by atoms with Crippen LogP contribution in [0.15, 0.2) is 18.6 Å². The molecule has 0 spiro atoms. The van der Waals surface area contributed by atoms with Gasteiger partial charge in [-0.3, -0.25) is 9.36 Å². The Morgan fingerprint density at radius 2 is 1.95 bits per heavy atom. The molecule has 5 nitrogen and oxygen atoms in total. The Hall–Kier alpha value is -1.33. The van der Waals surface area contributed by atoms with E-state index in [1.54, 1.807) is 0 Å². The van der Waals surface area contributed by atoms with Gasteiger partial charge in [0.25, 0.3) is 0 Å². The summed E-state index contributed by atoms with van der Waals surface area (Å²) in [5.41, 5.74) is 3.74. The van der Waals surface area contributed by atoms with E-state index in [4.69, 9.17) is 0 Å². The summed E-state index contributed by atoms with van der Waals surface area (Å²) in [6, 6.07) is 0.413. The Bertz CT molecular complexity index is 544. The molecule has 0 atom stereocenters. The molecule has 0 saturated carbocycles. The van der Waals surface area contributed by atoms with Crippen molar-refractivity contribution in [3.05, 3.63) is 35.4 Å². The summed E-state index contributed by atoms with van der Waals surface area (Å²) in [7, 11) is 0. The van der Waals surface area contributed by atoms with Crippen LogP contribution in [-0.2, 0) is 19.6 Å². The summed E-state index contributed by atoms with van der Waals surface area (Å²) >= 11 is 0. The van der Waals surface area contributed by atoms with Gasteiger partial charge >= 0.3 is 0 Å². The van der Waals surface area contributed by atoms with Crippen LogP contribution >= 0.6 is 12.4 Å². The van der Waals surface area contributed by atoms with Crippen LogP contribution in [0.4, 0.5) is 0 Å². The Balaban J connectivity index is 0.00000220. The number of nitrogens with zero attached hydrogens (tertiary/aromatic N) is 4. The van der Waals surface area contributed by atoms with Gasteiger partial charge < -0.3 is 5.32 Å². The predicted molar refractivity (Wildman–Crippen MR) is 87.7 cm³/mol. The second-order valence-corrected chi connectivity index (χ2v) is 5.51. The molecule has 0 aliphatic carbocycles. The van der Waals surface area contributed by atoms with E-state index in [1.807, 2.05) is 17.1 Å². The van der Waals surface area contributed by atoms with Gasteiger partial charge in [-0.15, -0.1) is 12.4 Å². The van der Waals surface area contributed by atoms with Gasteiger partial charge in [-0.1, -0.05) is 6.92 Å². The molecule has 6 heteroatoms. The van der Waals surface area contributed by atoms with E-state index >= 15 is 0 Å². The number of aryl methyl sites for hydroxylation is 1. The SMILES string of the molecule is CCCn1cc(CNCc2cnn(C(C)C)c2C)cn1.Cl. The van der Waals surface area contributed by atoms with Crippen LogP contribution < -0.4 is 5.32 Å². The predicted octanol–water partition coefficient (Wildman–Crippen LogP) is 3.09. The van der Waals surface area contributed by atoms with Gasteiger partial charge in [-0.2, -0.15) is 10.2 Å². The maximum Gasteiger partial charge on any atom is 0.0537 e. The van der Waals surface area contributed by atoms with Crippen LogP contribution in [0.1, 0.15) is 50.1 Å². The Labute approximate surface area is 133 Å². The maximum absolute atomic E-state index is 4.43. The zero-order valence-corrected chi connectivity index (χ0v) is 14.2. The fraction of sp³-hybridized carbons (Fsp3) is 0.600. The third-order valence-corrected chi connectivity index (χ3v) is 3.42. The van der Waals surface area contributed by atoms with Crippen LogP contribution in [0.3, 0.4) is 0 Å². The topological polar surface area (TPSA) is 47.7 Å². The van der Waals surface area contributed by atoms with Crippen molar-refractivity contribution in [2.75, 3.05) is 0 Å². The molecule has 2 aromatic rings. The number of nitrogens with one attached hydrogen (secondary N) is 1. The van der Waals surface area contributed by atoms with Crippen molar-refractivity contribution in [1.82, 2.24) is 24.9 Å². The minimum absolute atomic E-state index is 0. The van der Waals surface area contributed by atoms with Gasteiger partial charge in [0.1, 0.15) is 0 Å². The lowest BCUT2D eigenvalue weighted by Gasteiger charge is -2.09. The van der Waals surface area contributed by atoms with Crippen LogP contribution in [0, 0.1) is 6.92 Å². The van der Waals surface area contributed by atoms with Crippen LogP contribution in [-0.4, -0.2) is 19.6 Å². The van der Waals surface area contributed by atoms with Crippen LogP contribution in [0.25, 0.3) is 0 Å². The first-order chi connectivity index (χ1) is 9.61. The molecule has 0 aliphatic heterocycles. The second-order valence-electron chi connectivity index (χ2n) is 5.51. The molecule has 21 heavy (non-hydrogen) atoms. The first-order valence-electron chi connectivity index (χ1n) is 7.36. The van der Waals surface area contributed by atoms with Gasteiger partial charge in [0.15, 0.2) is 0 Å². The van der Waals surface area contributed by atoms with Crippen LogP contribution in [0.5, 0.6) is 0 Å². The van der Waals surface area contributed by atoms with Gasteiger partial charge in [-0.25, -0.2) is 0 Å². The Morgan fingerprint density at radius 3 is 2.57 bits per heavy atom. The summed E-state index contributed by atoms with van der Waals surface area (Å²) in [5, 5.41) is 12.2. The van der Waals surface area contributed by atoms with Crippen LogP contribution in [0.2, 0.25) is 0 Å². The Morgan fingerprint density at radius 1 is 1.19 bits per heavy atom. The number of halogens is 1. The Kier molecular flexibility index (Phi) is 6.92. The number of rotatable bonds is 7. The monoisotopic (exact) mass is 311 g/mol. The highest BCUT2D eigenvalue weighted by Gasteiger charge is 2.08. The standard InChI is InChI=1S/C15H25N5.ClH/c1-5-6-19-11-14(8-17-19)7-16-9-15-10-18-20(12(2)3)13(15)4;/h8,10-12,16H,5-7,9H2,1-4H3;1H. The lowest BCUT2D eigenvalue weighted by Crippen LogP contribution is -2.13. The molecule has 0 aromatic carbocycles. The molecule has 0 aliphatic rings. The molecule has 0 bridgehead atoms. The second kappa shape index (κ2) is 8.20. The number of hydrogen-bond donors (Lipinski definition) is 1. The van der Waals surface area contributed by atoms with Gasteiger partial charge in [0.05, 0.1) is 12.4 Å². The normalized spacial score (nSPS) is 10.9. The fourth-order valence-electron chi connectivity index (χ4n) is 2.34. The first-order valence-corrected chi connectivity index (χ1v) is 7.36. The van der Waals surface area contributed by atoms with Crippen molar-refractivity contribution >= 4 is 12.4 Å². The lowest BCUT2D eigenvalue weighted by atomic mass is 10.2. The molecule has 2 aromatic heterocycles. The average molecular weight is 312 g/mol. The summed E-state index contributed by atoms with van der Waals surface area (Å²) in [6.07, 6.45) is 7.12. The highest BCUT2D eigenvalue weighted by molar-refractivity contribution is 5.85. The van der Waals surface area contributed by atoms with E-state index in [-0.39, 0.29) is 12.4 Å².